The van der Waals surface area contributed by atoms with Gasteiger partial charge in [0.25, 0.3) is 0 Å². The van der Waals surface area contributed by atoms with Crippen LogP contribution in [0.4, 0.5) is 10.1 Å². The Morgan fingerprint density at radius 2 is 1.81 bits per heavy atom. The van der Waals surface area contributed by atoms with Gasteiger partial charge in [0.1, 0.15) is 5.82 Å². The highest BCUT2D eigenvalue weighted by Gasteiger charge is 2.13. The average molecular weight is 307 g/mol. The Hall–Kier alpha value is -1.58. The molecule has 0 fully saturated rings. The van der Waals surface area contributed by atoms with Gasteiger partial charge in [0.2, 0.25) is 0 Å². The molecule has 2 aromatic carbocycles. The lowest BCUT2D eigenvalue weighted by molar-refractivity contribution is 0.554. The summed E-state index contributed by atoms with van der Waals surface area (Å²) in [6.45, 7) is 0. The second kappa shape index (κ2) is 6.92. The summed E-state index contributed by atoms with van der Waals surface area (Å²) in [5.41, 5.74) is 2.94. The van der Waals surface area contributed by atoms with Gasteiger partial charge in [0.15, 0.2) is 0 Å². The van der Waals surface area contributed by atoms with Gasteiger partial charge in [-0.05, 0) is 48.9 Å². The maximum Gasteiger partial charge on any atom is 0.127 e. The van der Waals surface area contributed by atoms with Crippen LogP contribution in [0.5, 0.6) is 0 Å². The zero-order valence-electron chi connectivity index (χ0n) is 12.5. The van der Waals surface area contributed by atoms with Gasteiger partial charge in [0, 0.05) is 30.8 Å². The number of hydrogen-bond acceptors (Lipinski definition) is 2. The number of halogens is 2. The lowest BCUT2D eigenvalue weighted by atomic mass is 9.98. The van der Waals surface area contributed by atoms with Crippen LogP contribution in [0.2, 0.25) is 5.02 Å². The minimum Gasteiger partial charge on any atom is -0.378 e. The van der Waals surface area contributed by atoms with Crippen LogP contribution >= 0.6 is 11.6 Å². The quantitative estimate of drug-likeness (QED) is 0.896. The van der Waals surface area contributed by atoms with E-state index >= 15 is 0 Å². The molecule has 112 valence electrons. The summed E-state index contributed by atoms with van der Waals surface area (Å²) in [7, 11) is 5.90. The van der Waals surface area contributed by atoms with E-state index in [2.05, 4.69) is 34.5 Å². The number of anilines is 1. The largest absolute Gasteiger partial charge is 0.378 e. The van der Waals surface area contributed by atoms with Crippen LogP contribution < -0.4 is 10.2 Å². The number of benzene rings is 2. The molecule has 4 heteroatoms. The third-order valence-electron chi connectivity index (χ3n) is 3.60. The van der Waals surface area contributed by atoms with E-state index in [0.717, 1.165) is 11.3 Å². The summed E-state index contributed by atoms with van der Waals surface area (Å²) in [5.74, 6) is -0.257. The topological polar surface area (TPSA) is 15.3 Å². The third kappa shape index (κ3) is 3.96. The van der Waals surface area contributed by atoms with Gasteiger partial charge in [-0.15, -0.1) is 0 Å². The molecule has 1 N–H and O–H groups in total. The first kappa shape index (κ1) is 15.8. The molecule has 0 aromatic heterocycles. The van der Waals surface area contributed by atoms with E-state index in [1.165, 1.54) is 6.07 Å². The summed E-state index contributed by atoms with van der Waals surface area (Å²) >= 11 is 5.79. The maximum absolute atomic E-state index is 13.9. The van der Waals surface area contributed by atoms with E-state index in [4.69, 9.17) is 11.6 Å². The predicted octanol–water partition coefficient (Wildman–Crippen LogP) is 4.05. The molecule has 2 rings (SSSR count). The van der Waals surface area contributed by atoms with E-state index in [-0.39, 0.29) is 11.9 Å². The smallest absolute Gasteiger partial charge is 0.127 e. The molecule has 0 aliphatic carbocycles. The van der Waals surface area contributed by atoms with Crippen LogP contribution in [0.3, 0.4) is 0 Å². The molecule has 0 saturated heterocycles. The molecule has 1 unspecified atom stereocenters. The van der Waals surface area contributed by atoms with Crippen LogP contribution in [0.15, 0.2) is 42.5 Å². The number of likely N-dealkylation sites (N-methyl/N-ethyl adjacent to an activating group) is 1. The van der Waals surface area contributed by atoms with Gasteiger partial charge in [-0.2, -0.15) is 0 Å². The lowest BCUT2D eigenvalue weighted by Gasteiger charge is -2.19. The van der Waals surface area contributed by atoms with Crippen molar-refractivity contribution in [3.63, 3.8) is 0 Å². The van der Waals surface area contributed by atoms with Gasteiger partial charge in [-0.1, -0.05) is 29.8 Å². The van der Waals surface area contributed by atoms with Gasteiger partial charge in [0.05, 0.1) is 0 Å². The van der Waals surface area contributed by atoms with Crippen molar-refractivity contribution in [1.29, 1.82) is 0 Å². The minimum absolute atomic E-state index is 0.0666. The first-order chi connectivity index (χ1) is 10.0. The normalized spacial score (nSPS) is 12.2. The number of nitrogens with one attached hydrogen (secondary N) is 1. The second-order valence-electron chi connectivity index (χ2n) is 5.27. The summed E-state index contributed by atoms with van der Waals surface area (Å²) in [6.07, 6.45) is 0.584. The number of rotatable bonds is 5. The van der Waals surface area contributed by atoms with Crippen molar-refractivity contribution >= 4 is 17.3 Å². The van der Waals surface area contributed by atoms with Crippen molar-refractivity contribution in [3.8, 4) is 0 Å². The molecule has 21 heavy (non-hydrogen) atoms. The first-order valence-corrected chi connectivity index (χ1v) is 7.27. The molecular weight excluding hydrogens is 287 g/mol. The SMILES string of the molecule is CNC(Cc1ccc(Cl)cc1F)c1ccc(N(C)C)cc1. The van der Waals surface area contributed by atoms with Crippen molar-refractivity contribution in [2.24, 2.45) is 0 Å². The molecule has 2 nitrogen and oxygen atoms in total. The Labute approximate surface area is 130 Å². The standard InChI is InChI=1S/C17H20ClFN2/c1-20-17(10-13-4-7-14(18)11-16(13)19)12-5-8-15(9-6-12)21(2)3/h4-9,11,17,20H,10H2,1-3H3. The molecule has 0 amide bonds. The van der Waals surface area contributed by atoms with Crippen LogP contribution in [0, 0.1) is 5.82 Å². The molecular formula is C17H20ClFN2. The van der Waals surface area contributed by atoms with Crippen molar-refractivity contribution in [2.75, 3.05) is 26.0 Å². The minimum atomic E-state index is -0.257. The summed E-state index contributed by atoms with van der Waals surface area (Å²) < 4.78 is 13.9. The zero-order valence-corrected chi connectivity index (χ0v) is 13.3. The van der Waals surface area contributed by atoms with E-state index in [0.29, 0.717) is 17.0 Å². The Morgan fingerprint density at radius 3 is 2.33 bits per heavy atom. The Kier molecular flexibility index (Phi) is 5.21. The van der Waals surface area contributed by atoms with Crippen molar-refractivity contribution in [1.82, 2.24) is 5.32 Å². The molecule has 0 saturated carbocycles. The van der Waals surface area contributed by atoms with Crippen LogP contribution in [-0.4, -0.2) is 21.1 Å². The van der Waals surface area contributed by atoms with E-state index in [9.17, 15) is 4.39 Å². The number of nitrogens with zero attached hydrogens (tertiary/aromatic N) is 1. The molecule has 0 heterocycles. The van der Waals surface area contributed by atoms with Gasteiger partial charge in [-0.25, -0.2) is 4.39 Å². The monoisotopic (exact) mass is 306 g/mol. The van der Waals surface area contributed by atoms with E-state index in [1.54, 1.807) is 12.1 Å². The Bertz CT molecular complexity index is 596. The molecule has 0 aliphatic rings. The molecule has 0 bridgehead atoms. The molecule has 2 aromatic rings. The summed E-state index contributed by atoms with van der Waals surface area (Å²) in [6, 6.07) is 13.2. The highest BCUT2D eigenvalue weighted by molar-refractivity contribution is 6.30. The van der Waals surface area contributed by atoms with Gasteiger partial charge >= 0.3 is 0 Å². The van der Waals surface area contributed by atoms with E-state index < -0.39 is 0 Å². The van der Waals surface area contributed by atoms with Crippen molar-refractivity contribution < 1.29 is 4.39 Å². The van der Waals surface area contributed by atoms with Gasteiger partial charge in [-0.3, -0.25) is 0 Å². The van der Waals surface area contributed by atoms with Crippen LogP contribution in [0.25, 0.3) is 0 Å². The van der Waals surface area contributed by atoms with Crippen molar-refractivity contribution in [2.45, 2.75) is 12.5 Å². The molecule has 0 spiro atoms. The average Bonchev–Trinajstić information content (AvgIpc) is 2.47. The van der Waals surface area contributed by atoms with Crippen molar-refractivity contribution in [3.05, 3.63) is 64.4 Å². The Morgan fingerprint density at radius 1 is 1.14 bits per heavy atom. The highest BCUT2D eigenvalue weighted by atomic mass is 35.5. The summed E-state index contributed by atoms with van der Waals surface area (Å²) in [5, 5.41) is 3.67. The van der Waals surface area contributed by atoms with Crippen LogP contribution in [0.1, 0.15) is 17.2 Å². The third-order valence-corrected chi connectivity index (χ3v) is 3.83. The van der Waals surface area contributed by atoms with Gasteiger partial charge < -0.3 is 10.2 Å². The highest BCUT2D eigenvalue weighted by Crippen LogP contribution is 2.23. The first-order valence-electron chi connectivity index (χ1n) is 6.89. The fourth-order valence-electron chi connectivity index (χ4n) is 2.30. The summed E-state index contributed by atoms with van der Waals surface area (Å²) in [4.78, 5) is 2.05. The lowest BCUT2D eigenvalue weighted by Crippen LogP contribution is -2.19. The molecule has 0 radical (unpaired) electrons. The zero-order chi connectivity index (χ0) is 15.4. The molecule has 0 aliphatic heterocycles. The fourth-order valence-corrected chi connectivity index (χ4v) is 2.46. The maximum atomic E-state index is 13.9. The van der Waals surface area contributed by atoms with E-state index in [1.807, 2.05) is 21.1 Å². The Balaban J connectivity index is 2.19. The fraction of sp³-hybridized carbons (Fsp3) is 0.294. The van der Waals surface area contributed by atoms with Crippen LogP contribution in [-0.2, 0) is 6.42 Å². The molecule has 1 atom stereocenters. The predicted molar refractivity (Wildman–Crippen MR) is 87.7 cm³/mol. The number of hydrogen-bond donors (Lipinski definition) is 1. The second-order valence-corrected chi connectivity index (χ2v) is 5.70.